The SMILES string of the molecule is COc1cccc(Sc2nc3ccccc3s2)c1[C@H](C)N. The highest BCUT2D eigenvalue weighted by Gasteiger charge is 2.15. The Balaban J connectivity index is 2.01. The average molecular weight is 316 g/mol. The smallest absolute Gasteiger partial charge is 0.155 e. The van der Waals surface area contributed by atoms with E-state index in [1.165, 1.54) is 4.70 Å². The van der Waals surface area contributed by atoms with Crippen molar-refractivity contribution in [2.45, 2.75) is 22.2 Å². The third-order valence-corrected chi connectivity index (χ3v) is 5.35. The van der Waals surface area contributed by atoms with Crippen LogP contribution in [0.15, 0.2) is 51.7 Å². The molecule has 1 aromatic heterocycles. The number of benzene rings is 2. The van der Waals surface area contributed by atoms with Gasteiger partial charge < -0.3 is 10.5 Å². The van der Waals surface area contributed by atoms with Gasteiger partial charge in [-0.25, -0.2) is 4.98 Å². The molecule has 1 heterocycles. The van der Waals surface area contributed by atoms with E-state index in [1.54, 1.807) is 30.2 Å². The number of aromatic nitrogens is 1. The zero-order valence-corrected chi connectivity index (χ0v) is 13.5. The van der Waals surface area contributed by atoms with Crippen LogP contribution < -0.4 is 10.5 Å². The quantitative estimate of drug-likeness (QED) is 0.771. The van der Waals surface area contributed by atoms with E-state index in [1.807, 2.05) is 37.3 Å². The van der Waals surface area contributed by atoms with Crippen molar-refractivity contribution in [3.05, 3.63) is 48.0 Å². The van der Waals surface area contributed by atoms with E-state index in [-0.39, 0.29) is 6.04 Å². The van der Waals surface area contributed by atoms with E-state index in [2.05, 4.69) is 17.1 Å². The normalized spacial score (nSPS) is 12.5. The minimum atomic E-state index is -0.0852. The highest BCUT2D eigenvalue weighted by atomic mass is 32.2. The van der Waals surface area contributed by atoms with Crippen molar-refractivity contribution in [1.82, 2.24) is 4.98 Å². The van der Waals surface area contributed by atoms with Gasteiger partial charge >= 0.3 is 0 Å². The van der Waals surface area contributed by atoms with Gasteiger partial charge in [0, 0.05) is 16.5 Å². The fourth-order valence-corrected chi connectivity index (χ4v) is 4.51. The number of fused-ring (bicyclic) bond motifs is 1. The summed E-state index contributed by atoms with van der Waals surface area (Å²) in [5.74, 6) is 0.830. The molecule has 0 unspecified atom stereocenters. The zero-order valence-electron chi connectivity index (χ0n) is 11.9. The first kappa shape index (κ1) is 14.4. The number of thiazole rings is 1. The van der Waals surface area contributed by atoms with Crippen molar-refractivity contribution >= 4 is 33.3 Å². The number of methoxy groups -OCH3 is 1. The molecule has 0 radical (unpaired) electrons. The molecule has 0 amide bonds. The number of hydrogen-bond donors (Lipinski definition) is 1. The number of nitrogens with zero attached hydrogens (tertiary/aromatic N) is 1. The molecule has 0 saturated heterocycles. The van der Waals surface area contributed by atoms with Gasteiger partial charge in [0.05, 0.1) is 17.3 Å². The molecule has 0 bridgehead atoms. The van der Waals surface area contributed by atoms with Crippen molar-refractivity contribution in [3.63, 3.8) is 0 Å². The number of para-hydroxylation sites is 1. The molecular formula is C16H16N2OS2. The predicted molar refractivity (Wildman–Crippen MR) is 89.3 cm³/mol. The van der Waals surface area contributed by atoms with E-state index in [0.717, 1.165) is 26.1 Å². The highest BCUT2D eigenvalue weighted by molar-refractivity contribution is 8.01. The van der Waals surface area contributed by atoms with Crippen LogP contribution in [0, 0.1) is 0 Å². The summed E-state index contributed by atoms with van der Waals surface area (Å²) >= 11 is 3.34. The van der Waals surface area contributed by atoms with Crippen molar-refractivity contribution in [1.29, 1.82) is 0 Å². The number of nitrogens with two attached hydrogens (primary N) is 1. The maximum atomic E-state index is 6.11. The largest absolute Gasteiger partial charge is 0.496 e. The van der Waals surface area contributed by atoms with Gasteiger partial charge in [0.2, 0.25) is 0 Å². The summed E-state index contributed by atoms with van der Waals surface area (Å²) in [4.78, 5) is 5.76. The second kappa shape index (κ2) is 6.05. The second-order valence-corrected chi connectivity index (χ2v) is 7.03. The fourth-order valence-electron chi connectivity index (χ4n) is 2.23. The first-order valence-electron chi connectivity index (χ1n) is 6.65. The molecule has 0 fully saturated rings. The Kier molecular flexibility index (Phi) is 4.14. The number of rotatable bonds is 4. The Labute approximate surface area is 132 Å². The van der Waals surface area contributed by atoms with Gasteiger partial charge in [-0.15, -0.1) is 11.3 Å². The maximum Gasteiger partial charge on any atom is 0.155 e. The van der Waals surface area contributed by atoms with E-state index >= 15 is 0 Å². The Morgan fingerprint density at radius 3 is 2.71 bits per heavy atom. The summed E-state index contributed by atoms with van der Waals surface area (Å²) in [6, 6.07) is 14.1. The van der Waals surface area contributed by atoms with Crippen LogP contribution in [0.1, 0.15) is 18.5 Å². The monoisotopic (exact) mass is 316 g/mol. The van der Waals surface area contributed by atoms with Gasteiger partial charge in [0.1, 0.15) is 5.75 Å². The molecule has 0 saturated carbocycles. The third-order valence-electron chi connectivity index (χ3n) is 3.17. The lowest BCUT2D eigenvalue weighted by Gasteiger charge is -2.15. The Morgan fingerprint density at radius 1 is 1.19 bits per heavy atom. The molecule has 108 valence electrons. The molecule has 2 aromatic carbocycles. The highest BCUT2D eigenvalue weighted by Crippen LogP contribution is 2.40. The molecule has 0 spiro atoms. The molecule has 1 atom stereocenters. The Morgan fingerprint density at radius 2 is 2.00 bits per heavy atom. The summed E-state index contributed by atoms with van der Waals surface area (Å²) in [6.45, 7) is 1.97. The fraction of sp³-hybridized carbons (Fsp3) is 0.188. The topological polar surface area (TPSA) is 48.1 Å². The lowest BCUT2D eigenvalue weighted by molar-refractivity contribution is 0.405. The molecule has 0 aliphatic heterocycles. The van der Waals surface area contributed by atoms with Gasteiger partial charge in [0.15, 0.2) is 4.34 Å². The van der Waals surface area contributed by atoms with Crippen LogP contribution in [0.4, 0.5) is 0 Å². The van der Waals surface area contributed by atoms with Crippen molar-refractivity contribution in [3.8, 4) is 5.75 Å². The number of ether oxygens (including phenoxy) is 1. The Hall–Kier alpha value is -1.56. The first-order chi connectivity index (χ1) is 10.2. The molecule has 3 nitrogen and oxygen atoms in total. The molecule has 0 aliphatic rings. The Bertz CT molecular complexity index is 735. The minimum absolute atomic E-state index is 0.0852. The van der Waals surface area contributed by atoms with Gasteiger partial charge in [-0.1, -0.05) is 30.0 Å². The van der Waals surface area contributed by atoms with Crippen molar-refractivity contribution in [2.24, 2.45) is 5.73 Å². The van der Waals surface area contributed by atoms with Crippen molar-refractivity contribution < 1.29 is 4.74 Å². The van der Waals surface area contributed by atoms with E-state index < -0.39 is 0 Å². The van der Waals surface area contributed by atoms with Crippen LogP contribution in [0.5, 0.6) is 5.75 Å². The summed E-state index contributed by atoms with van der Waals surface area (Å²) in [5, 5.41) is 0. The van der Waals surface area contributed by atoms with Crippen LogP contribution in [-0.4, -0.2) is 12.1 Å². The van der Waals surface area contributed by atoms with E-state index in [0.29, 0.717) is 0 Å². The molecular weight excluding hydrogens is 300 g/mol. The van der Waals surface area contributed by atoms with Gasteiger partial charge in [0.25, 0.3) is 0 Å². The van der Waals surface area contributed by atoms with Crippen LogP contribution in [0.3, 0.4) is 0 Å². The van der Waals surface area contributed by atoms with Gasteiger partial charge in [-0.05, 0) is 31.2 Å². The van der Waals surface area contributed by atoms with Crippen molar-refractivity contribution in [2.75, 3.05) is 7.11 Å². The minimum Gasteiger partial charge on any atom is -0.496 e. The zero-order chi connectivity index (χ0) is 14.8. The molecule has 0 aliphatic carbocycles. The third kappa shape index (κ3) is 2.90. The van der Waals surface area contributed by atoms with Crippen LogP contribution >= 0.6 is 23.1 Å². The first-order valence-corrected chi connectivity index (χ1v) is 8.28. The molecule has 21 heavy (non-hydrogen) atoms. The molecule has 3 aromatic rings. The van der Waals surface area contributed by atoms with E-state index in [9.17, 15) is 0 Å². The van der Waals surface area contributed by atoms with Gasteiger partial charge in [-0.2, -0.15) is 0 Å². The molecule has 2 N–H and O–H groups in total. The lowest BCUT2D eigenvalue weighted by Crippen LogP contribution is -2.08. The summed E-state index contributed by atoms with van der Waals surface area (Å²) < 4.78 is 7.65. The summed E-state index contributed by atoms with van der Waals surface area (Å²) in [7, 11) is 1.67. The van der Waals surface area contributed by atoms with Crippen LogP contribution in [0.2, 0.25) is 0 Å². The van der Waals surface area contributed by atoms with Crippen LogP contribution in [-0.2, 0) is 0 Å². The standard InChI is InChI=1S/C16H16N2OS2/c1-10(17)15-12(19-2)7-5-9-14(15)21-16-18-11-6-3-4-8-13(11)20-16/h3-10H,17H2,1-2H3/t10-/m0/s1. The average Bonchev–Trinajstić information content (AvgIpc) is 2.88. The predicted octanol–water partition coefficient (Wildman–Crippen LogP) is 4.48. The maximum absolute atomic E-state index is 6.11. The van der Waals surface area contributed by atoms with E-state index in [4.69, 9.17) is 10.5 Å². The molecule has 5 heteroatoms. The lowest BCUT2D eigenvalue weighted by atomic mass is 10.1. The second-order valence-electron chi connectivity index (χ2n) is 4.71. The summed E-state index contributed by atoms with van der Waals surface area (Å²) in [5.41, 5.74) is 8.18. The summed E-state index contributed by atoms with van der Waals surface area (Å²) in [6.07, 6.45) is 0. The number of hydrogen-bond acceptors (Lipinski definition) is 5. The van der Waals surface area contributed by atoms with Crippen LogP contribution in [0.25, 0.3) is 10.2 Å². The van der Waals surface area contributed by atoms with Gasteiger partial charge in [-0.3, -0.25) is 0 Å². The molecule has 3 rings (SSSR count).